The molecule has 0 saturated carbocycles. The lowest BCUT2D eigenvalue weighted by Crippen LogP contribution is -2.25. The summed E-state index contributed by atoms with van der Waals surface area (Å²) in [5.41, 5.74) is 4.37. The minimum atomic E-state index is 0.817. The van der Waals surface area contributed by atoms with Crippen LogP contribution in [0.15, 0.2) is 66.0 Å². The molecule has 0 fully saturated rings. The van der Waals surface area contributed by atoms with E-state index in [-0.39, 0.29) is 0 Å². The number of benzene rings is 2. The van der Waals surface area contributed by atoms with E-state index in [9.17, 15) is 0 Å². The van der Waals surface area contributed by atoms with E-state index in [0.29, 0.717) is 0 Å². The maximum Gasteiger partial charge on any atom is 0.226 e. The van der Waals surface area contributed by atoms with E-state index >= 15 is 0 Å². The Morgan fingerprint density at radius 1 is 0.964 bits per heavy atom. The highest BCUT2D eigenvalue weighted by molar-refractivity contribution is 7.09. The van der Waals surface area contributed by atoms with Gasteiger partial charge in [0.2, 0.25) is 5.95 Å². The van der Waals surface area contributed by atoms with Gasteiger partial charge in [-0.1, -0.05) is 61.4 Å². The minimum Gasteiger partial charge on any atom is -0.336 e. The Balaban J connectivity index is 1.84. The number of fused-ring (bicyclic) bond motifs is 1. The van der Waals surface area contributed by atoms with Crippen molar-refractivity contribution in [2.24, 2.45) is 0 Å². The quantitative estimate of drug-likeness (QED) is 0.364. The fourth-order valence-corrected chi connectivity index (χ4v) is 4.10. The van der Waals surface area contributed by atoms with Crippen LogP contribution in [0.1, 0.15) is 30.2 Å². The van der Waals surface area contributed by atoms with Gasteiger partial charge in [-0.25, -0.2) is 9.97 Å². The van der Waals surface area contributed by atoms with Gasteiger partial charge < -0.3 is 4.90 Å². The molecule has 0 N–H and O–H groups in total. The summed E-state index contributed by atoms with van der Waals surface area (Å²) in [4.78, 5) is 13.7. The molecule has 4 rings (SSSR count). The smallest absolute Gasteiger partial charge is 0.226 e. The number of thiophene rings is 1. The monoisotopic (exact) mass is 387 g/mol. The molecule has 0 unspecified atom stereocenters. The van der Waals surface area contributed by atoms with Crippen LogP contribution in [0.25, 0.3) is 22.2 Å². The summed E-state index contributed by atoms with van der Waals surface area (Å²) in [5, 5.41) is 3.24. The second-order valence-corrected chi connectivity index (χ2v) is 8.15. The number of hydrogen-bond acceptors (Lipinski definition) is 4. The van der Waals surface area contributed by atoms with Crippen LogP contribution >= 0.6 is 11.3 Å². The van der Waals surface area contributed by atoms with Crippen LogP contribution in [-0.2, 0) is 6.54 Å². The van der Waals surface area contributed by atoms with E-state index in [1.165, 1.54) is 10.4 Å². The van der Waals surface area contributed by atoms with E-state index in [0.717, 1.165) is 54.0 Å². The van der Waals surface area contributed by atoms with E-state index in [1.807, 2.05) is 6.07 Å². The molecule has 0 aliphatic heterocycles. The van der Waals surface area contributed by atoms with Crippen molar-refractivity contribution in [3.8, 4) is 11.3 Å². The summed E-state index contributed by atoms with van der Waals surface area (Å²) >= 11 is 1.79. The molecule has 2 aromatic carbocycles. The summed E-state index contributed by atoms with van der Waals surface area (Å²) in [6.45, 7) is 6.15. The number of aromatic nitrogens is 2. The van der Waals surface area contributed by atoms with Crippen molar-refractivity contribution in [1.29, 1.82) is 0 Å². The minimum absolute atomic E-state index is 0.817. The first-order valence-electron chi connectivity index (χ1n) is 9.86. The standard InChI is InChI=1S/C24H25N3S/c1-3-4-14-27(17-20-11-8-15-28-20)24-25-22-13-12-18(2)16-21(22)23(26-24)19-9-6-5-7-10-19/h5-13,15-16H,3-4,14,17H2,1-2H3. The molecule has 0 saturated heterocycles. The zero-order valence-electron chi connectivity index (χ0n) is 16.4. The Morgan fingerprint density at radius 3 is 2.57 bits per heavy atom. The first-order chi connectivity index (χ1) is 13.7. The largest absolute Gasteiger partial charge is 0.336 e. The van der Waals surface area contributed by atoms with Crippen molar-refractivity contribution >= 4 is 28.2 Å². The molecule has 0 amide bonds. The van der Waals surface area contributed by atoms with Crippen molar-refractivity contribution in [3.05, 3.63) is 76.5 Å². The zero-order chi connectivity index (χ0) is 19.3. The first kappa shape index (κ1) is 18.6. The predicted octanol–water partition coefficient (Wildman–Crippen LogP) is 6.47. The summed E-state index contributed by atoms with van der Waals surface area (Å²) in [6.07, 6.45) is 2.28. The van der Waals surface area contributed by atoms with Gasteiger partial charge >= 0.3 is 0 Å². The van der Waals surface area contributed by atoms with Crippen LogP contribution in [0.2, 0.25) is 0 Å². The fraction of sp³-hybridized carbons (Fsp3) is 0.250. The predicted molar refractivity (Wildman–Crippen MR) is 120 cm³/mol. The van der Waals surface area contributed by atoms with Gasteiger partial charge in [0, 0.05) is 22.4 Å². The third-order valence-electron chi connectivity index (χ3n) is 4.88. The summed E-state index contributed by atoms with van der Waals surface area (Å²) in [6, 6.07) is 21.2. The molecule has 3 nitrogen and oxygen atoms in total. The van der Waals surface area contributed by atoms with Crippen molar-refractivity contribution in [1.82, 2.24) is 9.97 Å². The van der Waals surface area contributed by atoms with E-state index in [1.54, 1.807) is 11.3 Å². The average molecular weight is 388 g/mol. The number of nitrogens with zero attached hydrogens (tertiary/aromatic N) is 3. The normalized spacial score (nSPS) is 11.1. The molecular formula is C24H25N3S. The van der Waals surface area contributed by atoms with Crippen molar-refractivity contribution < 1.29 is 0 Å². The Labute approximate surface area is 170 Å². The lowest BCUT2D eigenvalue weighted by Gasteiger charge is -2.23. The van der Waals surface area contributed by atoms with Crippen LogP contribution in [0.3, 0.4) is 0 Å². The highest BCUT2D eigenvalue weighted by Gasteiger charge is 2.16. The molecule has 0 spiro atoms. The molecule has 0 bridgehead atoms. The Hall–Kier alpha value is -2.72. The molecule has 4 aromatic rings. The van der Waals surface area contributed by atoms with Gasteiger partial charge in [0.05, 0.1) is 17.8 Å². The number of aryl methyl sites for hydroxylation is 1. The van der Waals surface area contributed by atoms with Gasteiger partial charge in [0.15, 0.2) is 0 Å². The van der Waals surface area contributed by atoms with Crippen molar-refractivity contribution in [2.75, 3.05) is 11.4 Å². The molecule has 0 atom stereocenters. The molecular weight excluding hydrogens is 362 g/mol. The Bertz CT molecular complexity index is 1040. The molecule has 0 aliphatic rings. The number of hydrogen-bond donors (Lipinski definition) is 0. The van der Waals surface area contributed by atoms with Crippen LogP contribution in [-0.4, -0.2) is 16.5 Å². The SMILES string of the molecule is CCCCN(Cc1cccs1)c1nc(-c2ccccc2)c2cc(C)ccc2n1. The maximum absolute atomic E-state index is 5.07. The van der Waals surface area contributed by atoms with Gasteiger partial charge in [-0.15, -0.1) is 11.3 Å². The van der Waals surface area contributed by atoms with E-state index in [2.05, 4.69) is 78.7 Å². The molecule has 0 aliphatic carbocycles. The highest BCUT2D eigenvalue weighted by atomic mass is 32.1. The molecule has 4 heteroatoms. The third kappa shape index (κ3) is 4.07. The van der Waals surface area contributed by atoms with Gasteiger partial charge in [0.25, 0.3) is 0 Å². The maximum atomic E-state index is 5.07. The first-order valence-corrected chi connectivity index (χ1v) is 10.7. The van der Waals surface area contributed by atoms with Gasteiger partial charge in [-0.05, 0) is 36.9 Å². The fourth-order valence-electron chi connectivity index (χ4n) is 3.38. The highest BCUT2D eigenvalue weighted by Crippen LogP contribution is 2.30. The lowest BCUT2D eigenvalue weighted by molar-refractivity contribution is 0.703. The summed E-state index contributed by atoms with van der Waals surface area (Å²) < 4.78 is 0. The second kappa shape index (κ2) is 8.53. The molecule has 142 valence electrons. The van der Waals surface area contributed by atoms with Gasteiger partial charge in [-0.2, -0.15) is 0 Å². The third-order valence-corrected chi connectivity index (χ3v) is 5.74. The summed E-state index contributed by atoms with van der Waals surface area (Å²) in [7, 11) is 0. The second-order valence-electron chi connectivity index (χ2n) is 7.11. The molecule has 0 radical (unpaired) electrons. The average Bonchev–Trinajstić information content (AvgIpc) is 3.24. The lowest BCUT2D eigenvalue weighted by atomic mass is 10.0. The van der Waals surface area contributed by atoms with Crippen LogP contribution in [0.5, 0.6) is 0 Å². The van der Waals surface area contributed by atoms with Gasteiger partial charge in [0.1, 0.15) is 0 Å². The van der Waals surface area contributed by atoms with Crippen LogP contribution in [0, 0.1) is 6.92 Å². The number of rotatable bonds is 7. The van der Waals surface area contributed by atoms with Gasteiger partial charge in [-0.3, -0.25) is 0 Å². The summed E-state index contributed by atoms with van der Waals surface area (Å²) in [5.74, 6) is 0.817. The number of unbranched alkanes of at least 4 members (excludes halogenated alkanes) is 1. The van der Waals surface area contributed by atoms with Crippen LogP contribution < -0.4 is 4.90 Å². The molecule has 28 heavy (non-hydrogen) atoms. The van der Waals surface area contributed by atoms with Crippen molar-refractivity contribution in [3.63, 3.8) is 0 Å². The van der Waals surface area contributed by atoms with E-state index in [4.69, 9.17) is 9.97 Å². The topological polar surface area (TPSA) is 29.0 Å². The molecule has 2 heterocycles. The Kier molecular flexibility index (Phi) is 5.68. The Morgan fingerprint density at radius 2 is 1.82 bits per heavy atom. The number of anilines is 1. The zero-order valence-corrected chi connectivity index (χ0v) is 17.2. The van der Waals surface area contributed by atoms with Crippen molar-refractivity contribution in [2.45, 2.75) is 33.2 Å². The van der Waals surface area contributed by atoms with E-state index < -0.39 is 0 Å². The van der Waals surface area contributed by atoms with Crippen LogP contribution in [0.4, 0.5) is 5.95 Å². The molecule has 2 aromatic heterocycles.